The molecule has 0 bridgehead atoms. The molecule has 7 nitrogen and oxygen atoms in total. The van der Waals surface area contributed by atoms with Crippen molar-refractivity contribution in [3.05, 3.63) is 29.3 Å². The normalized spacial score (nSPS) is 20.4. The maximum atomic E-state index is 13.2. The highest BCUT2D eigenvalue weighted by atomic mass is 16.5. The third-order valence-electron chi connectivity index (χ3n) is 5.82. The molecule has 28 heavy (non-hydrogen) atoms. The van der Waals surface area contributed by atoms with Gasteiger partial charge in [0.1, 0.15) is 0 Å². The number of carbonyl (C=O) groups is 3. The Balaban J connectivity index is 1.76. The zero-order valence-electron chi connectivity index (χ0n) is 16.5. The van der Waals surface area contributed by atoms with Crippen molar-refractivity contribution < 1.29 is 24.2 Å². The zero-order chi connectivity index (χ0) is 20.3. The Labute approximate surface area is 165 Å². The highest BCUT2D eigenvalue weighted by molar-refractivity contribution is 6.01. The van der Waals surface area contributed by atoms with Crippen LogP contribution in [0.1, 0.15) is 36.8 Å². The number of benzene rings is 1. The predicted octanol–water partition coefficient (Wildman–Crippen LogP) is 2.14. The molecule has 2 aliphatic rings. The van der Waals surface area contributed by atoms with Gasteiger partial charge in [0.15, 0.2) is 0 Å². The first kappa shape index (κ1) is 20.3. The van der Waals surface area contributed by atoms with Crippen molar-refractivity contribution in [1.29, 1.82) is 0 Å². The number of aryl methyl sites for hydroxylation is 1. The quantitative estimate of drug-likeness (QED) is 0.807. The van der Waals surface area contributed by atoms with E-state index >= 15 is 0 Å². The first-order chi connectivity index (χ1) is 13.4. The van der Waals surface area contributed by atoms with Gasteiger partial charge in [0.25, 0.3) is 0 Å². The smallest absolute Gasteiger partial charge is 0.305 e. The average molecular weight is 388 g/mol. The number of carbonyl (C=O) groups excluding carboxylic acids is 2. The number of ether oxygens (including phenoxy) is 1. The van der Waals surface area contributed by atoms with Crippen molar-refractivity contribution in [2.45, 2.75) is 45.6 Å². The van der Waals surface area contributed by atoms with E-state index in [1.807, 2.05) is 32.0 Å². The lowest BCUT2D eigenvalue weighted by molar-refractivity contribution is -0.142. The summed E-state index contributed by atoms with van der Waals surface area (Å²) in [4.78, 5) is 40.3. The molecule has 3 rings (SSSR count). The second-order valence-corrected chi connectivity index (χ2v) is 7.64. The monoisotopic (exact) mass is 388 g/mol. The van der Waals surface area contributed by atoms with Gasteiger partial charge in [-0.1, -0.05) is 12.1 Å². The van der Waals surface area contributed by atoms with E-state index in [4.69, 9.17) is 9.84 Å². The minimum Gasteiger partial charge on any atom is -0.481 e. The summed E-state index contributed by atoms with van der Waals surface area (Å²) in [6, 6.07) is 5.81. The number of carboxylic acid groups (broad SMARTS) is 1. The Morgan fingerprint density at radius 3 is 2.64 bits per heavy atom. The summed E-state index contributed by atoms with van der Waals surface area (Å²) in [5, 5.41) is 9.07. The van der Waals surface area contributed by atoms with E-state index in [0.717, 1.165) is 16.8 Å². The van der Waals surface area contributed by atoms with Crippen LogP contribution in [0.3, 0.4) is 0 Å². The van der Waals surface area contributed by atoms with E-state index in [2.05, 4.69) is 0 Å². The molecule has 0 spiro atoms. The van der Waals surface area contributed by atoms with Gasteiger partial charge in [-0.05, 0) is 43.9 Å². The summed E-state index contributed by atoms with van der Waals surface area (Å²) in [6.07, 6.45) is 1.48. The Hall–Kier alpha value is -2.41. The molecule has 0 aliphatic carbocycles. The fourth-order valence-corrected chi connectivity index (χ4v) is 4.05. The van der Waals surface area contributed by atoms with Crippen molar-refractivity contribution in [2.75, 3.05) is 31.2 Å². The number of amides is 2. The van der Waals surface area contributed by atoms with Crippen LogP contribution >= 0.6 is 0 Å². The van der Waals surface area contributed by atoms with E-state index in [1.165, 1.54) is 0 Å². The molecule has 0 unspecified atom stereocenters. The summed E-state index contributed by atoms with van der Waals surface area (Å²) in [6.45, 7) is 5.64. The van der Waals surface area contributed by atoms with Crippen LogP contribution in [0.15, 0.2) is 18.2 Å². The van der Waals surface area contributed by atoms with Crippen molar-refractivity contribution >= 4 is 23.5 Å². The molecule has 2 aliphatic heterocycles. The molecule has 1 aromatic rings. The lowest BCUT2D eigenvalue weighted by Crippen LogP contribution is -2.47. The van der Waals surface area contributed by atoms with Gasteiger partial charge in [0.2, 0.25) is 11.8 Å². The molecule has 2 heterocycles. The Bertz CT molecular complexity index is 757. The first-order valence-electron chi connectivity index (χ1n) is 9.85. The van der Waals surface area contributed by atoms with Crippen LogP contribution in [0, 0.1) is 19.8 Å². The number of rotatable bonds is 6. The molecular formula is C21H28N2O5. The minimum absolute atomic E-state index is 0.0227. The maximum Gasteiger partial charge on any atom is 0.305 e. The van der Waals surface area contributed by atoms with Crippen LogP contribution in [0.4, 0.5) is 5.69 Å². The van der Waals surface area contributed by atoms with Crippen LogP contribution in [0.25, 0.3) is 0 Å². The lowest BCUT2D eigenvalue weighted by atomic mass is 10.0. The Morgan fingerprint density at radius 2 is 1.96 bits per heavy atom. The molecule has 2 amide bonds. The molecule has 152 valence electrons. The van der Waals surface area contributed by atoms with E-state index in [9.17, 15) is 14.4 Å². The zero-order valence-corrected chi connectivity index (χ0v) is 16.5. The maximum absolute atomic E-state index is 13.2. The fraction of sp³-hybridized carbons (Fsp3) is 0.571. The van der Waals surface area contributed by atoms with Crippen molar-refractivity contribution in [3.8, 4) is 0 Å². The SMILES string of the molecule is Cc1cccc(N2C[C@@H](C(=O)N(CCC(=O)O)C3CCOCC3)CC2=O)c1C. The van der Waals surface area contributed by atoms with Gasteiger partial charge in [-0.3, -0.25) is 14.4 Å². The predicted molar refractivity (Wildman–Crippen MR) is 104 cm³/mol. The van der Waals surface area contributed by atoms with Gasteiger partial charge in [-0.2, -0.15) is 0 Å². The standard InChI is InChI=1S/C21H28N2O5/c1-14-4-3-5-18(15(14)2)23-13-16(12-19(23)24)21(27)22(9-6-20(25)26)17-7-10-28-11-8-17/h3-5,16-17H,6-13H2,1-2H3,(H,25,26)/t16-/m0/s1. The molecule has 1 N–H and O–H groups in total. The topological polar surface area (TPSA) is 87.2 Å². The van der Waals surface area contributed by atoms with E-state index < -0.39 is 11.9 Å². The van der Waals surface area contributed by atoms with Crippen molar-refractivity contribution in [2.24, 2.45) is 5.92 Å². The summed E-state index contributed by atoms with van der Waals surface area (Å²) in [7, 11) is 0. The van der Waals surface area contributed by atoms with Gasteiger partial charge in [-0.25, -0.2) is 0 Å². The van der Waals surface area contributed by atoms with Crippen LogP contribution in [-0.4, -0.2) is 60.1 Å². The number of carboxylic acids is 1. The molecule has 1 aromatic carbocycles. The number of hydrogen-bond donors (Lipinski definition) is 1. The summed E-state index contributed by atoms with van der Waals surface area (Å²) >= 11 is 0. The van der Waals surface area contributed by atoms with E-state index in [-0.39, 0.29) is 37.2 Å². The number of nitrogens with zero attached hydrogens (tertiary/aromatic N) is 2. The highest BCUT2D eigenvalue weighted by Gasteiger charge is 2.39. The minimum atomic E-state index is -0.927. The third kappa shape index (κ3) is 4.35. The van der Waals surface area contributed by atoms with Crippen LogP contribution < -0.4 is 4.90 Å². The van der Waals surface area contributed by atoms with E-state index in [0.29, 0.717) is 32.6 Å². The summed E-state index contributed by atoms with van der Waals surface area (Å²) in [5.74, 6) is -1.54. The molecular weight excluding hydrogens is 360 g/mol. The van der Waals surface area contributed by atoms with Gasteiger partial charge in [0.05, 0.1) is 12.3 Å². The van der Waals surface area contributed by atoms with E-state index in [1.54, 1.807) is 9.80 Å². The average Bonchev–Trinajstić information content (AvgIpc) is 3.06. The second kappa shape index (κ2) is 8.73. The Kier molecular flexibility index (Phi) is 6.34. The lowest BCUT2D eigenvalue weighted by Gasteiger charge is -2.35. The summed E-state index contributed by atoms with van der Waals surface area (Å²) < 4.78 is 5.38. The molecule has 1 atom stereocenters. The number of aliphatic carboxylic acids is 1. The molecule has 0 aromatic heterocycles. The van der Waals surface area contributed by atoms with Gasteiger partial charge >= 0.3 is 5.97 Å². The molecule has 2 saturated heterocycles. The van der Waals surface area contributed by atoms with Gasteiger partial charge < -0.3 is 19.6 Å². The van der Waals surface area contributed by atoms with Crippen LogP contribution in [0.2, 0.25) is 0 Å². The van der Waals surface area contributed by atoms with Crippen LogP contribution in [0.5, 0.6) is 0 Å². The second-order valence-electron chi connectivity index (χ2n) is 7.64. The number of anilines is 1. The largest absolute Gasteiger partial charge is 0.481 e. The first-order valence-corrected chi connectivity index (χ1v) is 9.85. The molecule has 2 fully saturated rings. The number of hydrogen-bond acceptors (Lipinski definition) is 4. The van der Waals surface area contributed by atoms with Crippen molar-refractivity contribution in [1.82, 2.24) is 4.90 Å². The molecule has 0 saturated carbocycles. The fourth-order valence-electron chi connectivity index (χ4n) is 4.05. The summed E-state index contributed by atoms with van der Waals surface area (Å²) in [5.41, 5.74) is 2.99. The van der Waals surface area contributed by atoms with Crippen molar-refractivity contribution in [3.63, 3.8) is 0 Å². The molecule has 7 heteroatoms. The van der Waals surface area contributed by atoms with Gasteiger partial charge in [0, 0.05) is 44.5 Å². The van der Waals surface area contributed by atoms with Gasteiger partial charge in [-0.15, -0.1) is 0 Å². The third-order valence-corrected chi connectivity index (χ3v) is 5.82. The molecule has 0 radical (unpaired) electrons. The Morgan fingerprint density at radius 1 is 1.25 bits per heavy atom. The highest BCUT2D eigenvalue weighted by Crippen LogP contribution is 2.31. The van der Waals surface area contributed by atoms with Crippen LogP contribution in [-0.2, 0) is 19.1 Å².